The van der Waals surface area contributed by atoms with Gasteiger partial charge in [0.05, 0.1) is 23.6 Å². The van der Waals surface area contributed by atoms with Crippen LogP contribution in [-0.4, -0.2) is 38.6 Å². The topological polar surface area (TPSA) is 72.1 Å². The number of aryl methyl sites for hydroxylation is 4. The van der Waals surface area contributed by atoms with Gasteiger partial charge in [0.2, 0.25) is 0 Å². The molecule has 30 heavy (non-hydrogen) atoms. The molecule has 7 nitrogen and oxygen atoms in total. The molecule has 0 atom stereocenters. The van der Waals surface area contributed by atoms with Crippen LogP contribution in [0.3, 0.4) is 0 Å². The number of hydrogen-bond donors (Lipinski definition) is 2. The van der Waals surface area contributed by atoms with Gasteiger partial charge in [-0.3, -0.25) is 4.68 Å². The van der Waals surface area contributed by atoms with Crippen LogP contribution in [0, 0.1) is 27.7 Å². The van der Waals surface area contributed by atoms with E-state index >= 15 is 0 Å². The molecule has 0 aliphatic carbocycles. The zero-order valence-electron chi connectivity index (χ0n) is 19.0. The van der Waals surface area contributed by atoms with Crippen molar-refractivity contribution in [3.05, 3.63) is 64.2 Å². The highest BCUT2D eigenvalue weighted by Crippen LogP contribution is 2.18. The second-order valence-electron chi connectivity index (χ2n) is 7.61. The van der Waals surface area contributed by atoms with Crippen LogP contribution in [0.2, 0.25) is 0 Å². The average Bonchev–Trinajstić information content (AvgIpc) is 3.17. The van der Waals surface area contributed by atoms with Crippen LogP contribution in [0.1, 0.15) is 40.8 Å². The van der Waals surface area contributed by atoms with E-state index in [0.717, 1.165) is 53.8 Å². The van der Waals surface area contributed by atoms with Gasteiger partial charge in [0.25, 0.3) is 0 Å². The average molecular weight is 408 g/mol. The first-order chi connectivity index (χ1) is 14.4. The summed E-state index contributed by atoms with van der Waals surface area (Å²) >= 11 is 0. The third-order valence-corrected chi connectivity index (χ3v) is 5.31. The van der Waals surface area contributed by atoms with E-state index in [0.29, 0.717) is 6.54 Å². The molecule has 3 aromatic rings. The summed E-state index contributed by atoms with van der Waals surface area (Å²) in [4.78, 5) is 4.82. The van der Waals surface area contributed by atoms with Gasteiger partial charge in [-0.15, -0.1) is 0 Å². The van der Waals surface area contributed by atoms with Crippen molar-refractivity contribution < 1.29 is 0 Å². The largest absolute Gasteiger partial charge is 0.357 e. The van der Waals surface area contributed by atoms with Gasteiger partial charge in [0.15, 0.2) is 5.96 Å². The summed E-state index contributed by atoms with van der Waals surface area (Å²) in [6, 6.07) is 10.4. The third-order valence-electron chi connectivity index (χ3n) is 5.31. The van der Waals surface area contributed by atoms with Crippen LogP contribution in [0.5, 0.6) is 0 Å². The first-order valence-electron chi connectivity index (χ1n) is 10.5. The summed E-state index contributed by atoms with van der Waals surface area (Å²) in [5.74, 6) is 0.819. The Balaban J connectivity index is 1.72. The van der Waals surface area contributed by atoms with Crippen molar-refractivity contribution in [2.75, 3.05) is 13.1 Å². The fourth-order valence-electron chi connectivity index (χ4n) is 3.72. The number of guanidine groups is 1. The van der Waals surface area contributed by atoms with Crippen LogP contribution in [0.4, 0.5) is 0 Å². The Labute approximate surface area is 179 Å². The molecule has 1 aromatic carbocycles. The number of benzene rings is 1. The Morgan fingerprint density at radius 1 is 1.07 bits per heavy atom. The first-order valence-corrected chi connectivity index (χ1v) is 10.5. The number of aliphatic imine (C=N–C) groups is 1. The number of nitrogens with zero attached hydrogens (tertiary/aromatic N) is 5. The van der Waals surface area contributed by atoms with E-state index in [1.807, 2.05) is 35.5 Å². The zero-order chi connectivity index (χ0) is 21.7. The Hall–Kier alpha value is -3.09. The van der Waals surface area contributed by atoms with Gasteiger partial charge in [0.1, 0.15) is 0 Å². The van der Waals surface area contributed by atoms with Crippen LogP contribution in [0.25, 0.3) is 5.69 Å². The van der Waals surface area contributed by atoms with Crippen LogP contribution in [-0.2, 0) is 20.0 Å². The number of para-hydroxylation sites is 1. The Bertz CT molecular complexity index is 1030. The maximum absolute atomic E-state index is 4.82. The maximum Gasteiger partial charge on any atom is 0.191 e. The molecular formula is C23H33N7. The van der Waals surface area contributed by atoms with Crippen LogP contribution < -0.4 is 10.6 Å². The van der Waals surface area contributed by atoms with Crippen molar-refractivity contribution in [2.45, 2.75) is 47.6 Å². The molecule has 0 saturated carbocycles. The molecule has 2 aromatic heterocycles. The minimum Gasteiger partial charge on any atom is -0.357 e. The Morgan fingerprint density at radius 3 is 2.47 bits per heavy atom. The number of rotatable bonds is 7. The van der Waals surface area contributed by atoms with Gasteiger partial charge < -0.3 is 10.6 Å². The van der Waals surface area contributed by atoms with Crippen LogP contribution >= 0.6 is 0 Å². The highest BCUT2D eigenvalue weighted by Gasteiger charge is 2.10. The molecule has 160 valence electrons. The minimum atomic E-state index is 0.578. The highest BCUT2D eigenvalue weighted by molar-refractivity contribution is 5.79. The van der Waals surface area contributed by atoms with Crippen molar-refractivity contribution >= 4 is 5.96 Å². The molecule has 0 saturated heterocycles. The normalized spacial score (nSPS) is 11.7. The Kier molecular flexibility index (Phi) is 6.92. The lowest BCUT2D eigenvalue weighted by Gasteiger charge is -2.13. The molecule has 0 bridgehead atoms. The van der Waals surface area contributed by atoms with E-state index in [1.165, 1.54) is 11.3 Å². The molecule has 0 amide bonds. The molecule has 0 aliphatic rings. The number of hydrogen-bond acceptors (Lipinski definition) is 3. The minimum absolute atomic E-state index is 0.578. The van der Waals surface area contributed by atoms with E-state index in [-0.39, 0.29) is 0 Å². The quantitative estimate of drug-likeness (QED) is 0.466. The fourth-order valence-corrected chi connectivity index (χ4v) is 3.72. The van der Waals surface area contributed by atoms with Crippen LogP contribution in [0.15, 0.2) is 35.3 Å². The monoisotopic (exact) mass is 407 g/mol. The predicted molar refractivity (Wildman–Crippen MR) is 122 cm³/mol. The first kappa shape index (κ1) is 21.6. The van der Waals surface area contributed by atoms with Gasteiger partial charge in [0, 0.05) is 31.5 Å². The lowest BCUT2D eigenvalue weighted by atomic mass is 10.1. The Morgan fingerprint density at radius 2 is 1.83 bits per heavy atom. The summed E-state index contributed by atoms with van der Waals surface area (Å²) in [7, 11) is 1.99. The molecule has 2 heterocycles. The summed E-state index contributed by atoms with van der Waals surface area (Å²) in [5.41, 5.74) is 7.96. The number of nitrogens with one attached hydrogen (secondary N) is 2. The standard InChI is InChI=1S/C23H33N7/c1-7-24-23(25-13-12-21-18(4)28-29(6)19(21)5)26-15-20-10-8-9-11-22(20)30-17(3)14-16(2)27-30/h8-11,14H,7,12-13,15H2,1-6H3,(H2,24,25,26). The van der Waals surface area contributed by atoms with Gasteiger partial charge in [-0.1, -0.05) is 18.2 Å². The lowest BCUT2D eigenvalue weighted by molar-refractivity contribution is 0.729. The highest BCUT2D eigenvalue weighted by atomic mass is 15.3. The van der Waals surface area contributed by atoms with Crippen molar-refractivity contribution in [3.63, 3.8) is 0 Å². The smallest absolute Gasteiger partial charge is 0.191 e. The summed E-state index contributed by atoms with van der Waals surface area (Å²) in [6.07, 6.45) is 0.915. The summed E-state index contributed by atoms with van der Waals surface area (Å²) in [5, 5.41) is 15.9. The molecule has 7 heteroatoms. The molecule has 0 fully saturated rings. The molecule has 0 aliphatic heterocycles. The second-order valence-corrected chi connectivity index (χ2v) is 7.61. The van der Waals surface area contributed by atoms with E-state index < -0.39 is 0 Å². The van der Waals surface area contributed by atoms with Crippen molar-refractivity contribution in [1.29, 1.82) is 0 Å². The zero-order valence-corrected chi connectivity index (χ0v) is 19.0. The van der Waals surface area contributed by atoms with Gasteiger partial charge in [-0.25, -0.2) is 9.67 Å². The SMILES string of the molecule is CCNC(=NCc1ccccc1-n1nc(C)cc1C)NCCc1c(C)nn(C)c1C. The van der Waals surface area contributed by atoms with E-state index in [2.05, 4.69) is 66.7 Å². The maximum atomic E-state index is 4.82. The molecule has 0 radical (unpaired) electrons. The molecule has 0 unspecified atom stereocenters. The van der Waals surface area contributed by atoms with Gasteiger partial charge in [-0.05, 0) is 64.3 Å². The lowest BCUT2D eigenvalue weighted by Crippen LogP contribution is -2.38. The van der Waals surface area contributed by atoms with E-state index in [1.54, 1.807) is 0 Å². The van der Waals surface area contributed by atoms with E-state index in [9.17, 15) is 0 Å². The fraction of sp³-hybridized carbons (Fsp3) is 0.435. The van der Waals surface area contributed by atoms with E-state index in [4.69, 9.17) is 4.99 Å². The van der Waals surface area contributed by atoms with Crippen molar-refractivity contribution in [1.82, 2.24) is 30.2 Å². The summed E-state index contributed by atoms with van der Waals surface area (Å²) in [6.45, 7) is 12.6. The number of aromatic nitrogens is 4. The third kappa shape index (κ3) is 4.90. The van der Waals surface area contributed by atoms with Gasteiger partial charge in [-0.2, -0.15) is 10.2 Å². The second kappa shape index (κ2) is 9.61. The molecule has 0 spiro atoms. The molecule has 2 N–H and O–H groups in total. The van der Waals surface area contributed by atoms with Gasteiger partial charge >= 0.3 is 0 Å². The predicted octanol–water partition coefficient (Wildman–Crippen LogP) is 3.14. The van der Waals surface area contributed by atoms with Crippen molar-refractivity contribution in [2.24, 2.45) is 12.0 Å². The summed E-state index contributed by atoms with van der Waals surface area (Å²) < 4.78 is 3.94. The van der Waals surface area contributed by atoms with Crippen molar-refractivity contribution in [3.8, 4) is 5.69 Å². The molecular weight excluding hydrogens is 374 g/mol. The molecule has 3 rings (SSSR count).